The molecule has 1 atom stereocenters. The number of aromatic nitrogens is 3. The third-order valence-electron chi connectivity index (χ3n) is 5.55. The van der Waals surface area contributed by atoms with Gasteiger partial charge in [0.1, 0.15) is 0 Å². The second-order valence-electron chi connectivity index (χ2n) is 7.30. The molecule has 1 aliphatic heterocycles. The van der Waals surface area contributed by atoms with Gasteiger partial charge in [0.05, 0.1) is 17.3 Å². The van der Waals surface area contributed by atoms with Crippen LogP contribution < -0.4 is 0 Å². The molecule has 5 nitrogen and oxygen atoms in total. The average molecular weight is 447 g/mol. The maximum absolute atomic E-state index is 13.2. The van der Waals surface area contributed by atoms with Crippen molar-refractivity contribution in [2.45, 2.75) is 19.4 Å². The molecule has 0 saturated heterocycles. The van der Waals surface area contributed by atoms with Crippen LogP contribution in [0, 0.1) is 0 Å². The van der Waals surface area contributed by atoms with Gasteiger partial charge < -0.3 is 4.90 Å². The van der Waals surface area contributed by atoms with E-state index in [9.17, 15) is 4.79 Å². The Bertz CT molecular complexity index is 1220. The number of nitrogens with zero attached hydrogens (tertiary/aromatic N) is 4. The molecule has 4 aromatic rings. The van der Waals surface area contributed by atoms with E-state index in [4.69, 9.17) is 0 Å². The van der Waals surface area contributed by atoms with E-state index < -0.39 is 0 Å². The highest BCUT2D eigenvalue weighted by Gasteiger charge is 2.29. The van der Waals surface area contributed by atoms with E-state index in [2.05, 4.69) is 51.1 Å². The van der Waals surface area contributed by atoms with E-state index in [1.54, 1.807) is 4.52 Å². The molecule has 1 amide bonds. The monoisotopic (exact) mass is 446 g/mol. The van der Waals surface area contributed by atoms with Crippen molar-refractivity contribution in [1.82, 2.24) is 19.5 Å². The minimum Gasteiger partial charge on any atom is -0.330 e. The van der Waals surface area contributed by atoms with Crippen LogP contribution in [0.2, 0.25) is 0 Å². The maximum Gasteiger partial charge on any atom is 0.274 e. The minimum atomic E-state index is -0.0308. The first-order valence-electron chi connectivity index (χ1n) is 9.60. The summed E-state index contributed by atoms with van der Waals surface area (Å²) in [6, 6.07) is 18.1. The highest BCUT2D eigenvalue weighted by molar-refractivity contribution is 9.10. The fourth-order valence-electron chi connectivity index (χ4n) is 4.02. The normalized spacial score (nSPS) is 16.1. The third-order valence-corrected chi connectivity index (χ3v) is 6.02. The van der Waals surface area contributed by atoms with Gasteiger partial charge in [0.2, 0.25) is 0 Å². The summed E-state index contributed by atoms with van der Waals surface area (Å²) in [5, 5.41) is 4.48. The second-order valence-corrected chi connectivity index (χ2v) is 8.22. The highest BCUT2D eigenvalue weighted by Crippen LogP contribution is 2.33. The molecule has 0 spiro atoms. The van der Waals surface area contributed by atoms with Crippen LogP contribution in [0.3, 0.4) is 0 Å². The van der Waals surface area contributed by atoms with Crippen LogP contribution in [0.25, 0.3) is 16.8 Å². The van der Waals surface area contributed by atoms with Crippen molar-refractivity contribution in [2.24, 2.45) is 0 Å². The topological polar surface area (TPSA) is 50.5 Å². The van der Waals surface area contributed by atoms with Gasteiger partial charge in [-0.15, -0.1) is 0 Å². The van der Waals surface area contributed by atoms with Crippen LogP contribution in [0.4, 0.5) is 0 Å². The summed E-state index contributed by atoms with van der Waals surface area (Å²) in [4.78, 5) is 19.6. The molecule has 3 aromatic heterocycles. The van der Waals surface area contributed by atoms with E-state index in [1.165, 1.54) is 11.1 Å². The number of fused-ring (bicyclic) bond motifs is 2. The number of hydrogen-bond donors (Lipinski definition) is 0. The summed E-state index contributed by atoms with van der Waals surface area (Å²) in [5.74, 6) is -0.0308. The third kappa shape index (κ3) is 3.23. The van der Waals surface area contributed by atoms with E-state index in [0.717, 1.165) is 27.7 Å². The Morgan fingerprint density at radius 3 is 2.86 bits per heavy atom. The smallest absolute Gasteiger partial charge is 0.274 e. The van der Waals surface area contributed by atoms with E-state index in [0.29, 0.717) is 12.2 Å². The molecule has 0 aliphatic carbocycles. The molecule has 0 radical (unpaired) electrons. The molecule has 6 heteroatoms. The van der Waals surface area contributed by atoms with Crippen molar-refractivity contribution in [2.75, 3.05) is 6.54 Å². The molecule has 1 aliphatic rings. The number of carbonyl (C=O) groups is 1. The largest absolute Gasteiger partial charge is 0.330 e. The molecule has 0 fully saturated rings. The first-order chi connectivity index (χ1) is 14.1. The summed E-state index contributed by atoms with van der Waals surface area (Å²) in [7, 11) is 0. The lowest BCUT2D eigenvalue weighted by molar-refractivity contribution is 0.0671. The van der Waals surface area contributed by atoms with Crippen molar-refractivity contribution >= 4 is 27.4 Å². The van der Waals surface area contributed by atoms with Gasteiger partial charge >= 0.3 is 0 Å². The Morgan fingerprint density at radius 1 is 1.14 bits per heavy atom. The number of carbonyl (C=O) groups excluding carboxylic acids is 1. The molecule has 1 unspecified atom stereocenters. The van der Waals surface area contributed by atoms with Crippen molar-refractivity contribution in [3.8, 4) is 11.3 Å². The molecule has 0 N–H and O–H groups in total. The Hall–Kier alpha value is -2.99. The standard InChI is InChI=1S/C23H19BrN4O/c1-15-20-8-5-17(21-4-2-3-10-25-21)12-16(20)9-11-27(15)23(29)22-13-19-7-6-18(24)14-28(19)26-22/h2-8,10,12-15H,9,11H2,1H3. The Labute approximate surface area is 177 Å². The molecule has 0 bridgehead atoms. The summed E-state index contributed by atoms with van der Waals surface area (Å²) in [5.41, 5.74) is 5.93. The van der Waals surface area contributed by atoms with Gasteiger partial charge in [0, 0.05) is 29.0 Å². The SMILES string of the molecule is CC1c2ccc(-c3ccccn3)cc2CCN1C(=O)c1cc2ccc(Br)cn2n1. The Balaban J connectivity index is 1.44. The zero-order valence-electron chi connectivity index (χ0n) is 15.9. The number of pyridine rings is 2. The van der Waals surface area contributed by atoms with Gasteiger partial charge in [-0.3, -0.25) is 9.78 Å². The van der Waals surface area contributed by atoms with E-state index >= 15 is 0 Å². The van der Waals surface area contributed by atoms with Gasteiger partial charge in [0.15, 0.2) is 5.69 Å². The summed E-state index contributed by atoms with van der Waals surface area (Å²) < 4.78 is 2.66. The van der Waals surface area contributed by atoms with Gasteiger partial charge in [-0.1, -0.05) is 18.2 Å². The zero-order valence-corrected chi connectivity index (χ0v) is 17.5. The van der Waals surface area contributed by atoms with Crippen LogP contribution in [0.15, 0.2) is 71.5 Å². The zero-order chi connectivity index (χ0) is 20.0. The molecule has 4 heterocycles. The summed E-state index contributed by atoms with van der Waals surface area (Å²) >= 11 is 3.44. The summed E-state index contributed by atoms with van der Waals surface area (Å²) in [6.45, 7) is 2.76. The minimum absolute atomic E-state index is 0.000538. The van der Waals surface area contributed by atoms with Crippen LogP contribution in [0.1, 0.15) is 34.6 Å². The highest BCUT2D eigenvalue weighted by atomic mass is 79.9. The van der Waals surface area contributed by atoms with Gasteiger partial charge in [0.25, 0.3) is 5.91 Å². The fraction of sp³-hybridized carbons (Fsp3) is 0.174. The lowest BCUT2D eigenvalue weighted by Crippen LogP contribution is -2.39. The van der Waals surface area contributed by atoms with Crippen LogP contribution in [0.5, 0.6) is 0 Å². The molecule has 5 rings (SSSR count). The van der Waals surface area contributed by atoms with Crippen LogP contribution >= 0.6 is 15.9 Å². The molecule has 1 aromatic carbocycles. The number of hydrogen-bond acceptors (Lipinski definition) is 3. The molecular formula is C23H19BrN4O. The molecule has 0 saturated carbocycles. The van der Waals surface area contributed by atoms with Crippen molar-refractivity contribution < 1.29 is 4.79 Å². The maximum atomic E-state index is 13.2. The van der Waals surface area contributed by atoms with Crippen molar-refractivity contribution in [3.05, 3.63) is 88.3 Å². The van der Waals surface area contributed by atoms with Gasteiger partial charge in [-0.25, -0.2) is 4.52 Å². The first-order valence-corrected chi connectivity index (χ1v) is 10.4. The number of benzene rings is 1. The van der Waals surface area contributed by atoms with E-state index in [-0.39, 0.29) is 11.9 Å². The van der Waals surface area contributed by atoms with E-state index in [1.807, 2.05) is 53.7 Å². The predicted octanol–water partition coefficient (Wildman–Crippen LogP) is 4.92. The number of halogens is 1. The number of rotatable bonds is 2. The van der Waals surface area contributed by atoms with Crippen LogP contribution in [-0.4, -0.2) is 31.9 Å². The Kier molecular flexibility index (Phi) is 4.43. The van der Waals surface area contributed by atoms with Crippen molar-refractivity contribution in [3.63, 3.8) is 0 Å². The fourth-order valence-corrected chi connectivity index (χ4v) is 4.34. The first kappa shape index (κ1) is 18.1. The lowest BCUT2D eigenvalue weighted by atomic mass is 9.91. The van der Waals surface area contributed by atoms with Gasteiger partial charge in [-0.05, 0) is 76.8 Å². The van der Waals surface area contributed by atoms with Crippen LogP contribution in [-0.2, 0) is 6.42 Å². The second kappa shape index (κ2) is 7.12. The Morgan fingerprint density at radius 2 is 2.03 bits per heavy atom. The van der Waals surface area contributed by atoms with Crippen molar-refractivity contribution in [1.29, 1.82) is 0 Å². The quantitative estimate of drug-likeness (QED) is 0.439. The average Bonchev–Trinajstić information content (AvgIpc) is 3.17. The molecule has 144 valence electrons. The number of amides is 1. The predicted molar refractivity (Wildman–Crippen MR) is 116 cm³/mol. The molecular weight excluding hydrogens is 428 g/mol. The molecule has 29 heavy (non-hydrogen) atoms. The lowest BCUT2D eigenvalue weighted by Gasteiger charge is -2.35. The summed E-state index contributed by atoms with van der Waals surface area (Å²) in [6.07, 6.45) is 4.50. The van der Waals surface area contributed by atoms with Gasteiger partial charge in [-0.2, -0.15) is 5.10 Å².